The highest BCUT2D eigenvalue weighted by atomic mass is 19.3. The van der Waals surface area contributed by atoms with Gasteiger partial charge in [-0.1, -0.05) is 32.1 Å². The molecule has 2 aromatic carbocycles. The Bertz CT molecular complexity index is 2360. The van der Waals surface area contributed by atoms with Gasteiger partial charge in [0.05, 0.1) is 27.4 Å². The molecule has 5 aliphatic heterocycles. The molecular formula is C48H60F2N4O8. The topological polar surface area (TPSA) is 134 Å². The number of aliphatic hydroxyl groups is 1. The van der Waals surface area contributed by atoms with Gasteiger partial charge in [0.1, 0.15) is 11.2 Å². The lowest BCUT2D eigenvalue weighted by Crippen LogP contribution is -2.81. The van der Waals surface area contributed by atoms with Crippen LogP contribution in [0.5, 0.6) is 5.75 Å². The molecule has 1 spiro atoms. The Morgan fingerprint density at radius 3 is 2.42 bits per heavy atom. The van der Waals surface area contributed by atoms with Crippen LogP contribution >= 0.6 is 0 Å². The van der Waals surface area contributed by atoms with Gasteiger partial charge in [0, 0.05) is 96.9 Å². The van der Waals surface area contributed by atoms with Crippen molar-refractivity contribution in [3.05, 3.63) is 70.4 Å². The Balaban J connectivity index is 1.36. The van der Waals surface area contributed by atoms with Gasteiger partial charge in [-0.3, -0.25) is 14.5 Å². The second kappa shape index (κ2) is 14.8. The number of nitrogens with zero attached hydrogens (tertiary/aromatic N) is 3. The molecule has 6 aliphatic rings. The fourth-order valence-electron chi connectivity index (χ4n) is 13.7. The van der Waals surface area contributed by atoms with E-state index in [0.29, 0.717) is 68.1 Å². The summed E-state index contributed by atoms with van der Waals surface area (Å²) in [6.07, 6.45) is 5.36. The number of methoxy groups -OCH3 is 3. The normalized spacial score (nSPS) is 34.9. The minimum atomic E-state index is -2.93. The Morgan fingerprint density at radius 2 is 1.76 bits per heavy atom. The SMILES string of the molecule is CCc1ccc2[nH]c3c(c2c1)CCN1CC(CC(C(C)(F)F)C1)C[C@]3(C(=O)OC)c1cc2c(cc1OC)N(C)C1C23CCN2CC=C[C@@](CC)(C23)[C@H](OC(C)=O)[C@@]1(O)C(=O)OC. The zero-order valence-corrected chi connectivity index (χ0v) is 37.1. The molecule has 0 radical (unpaired) electrons. The highest BCUT2D eigenvalue weighted by Gasteiger charge is 2.80. The number of rotatable bonds is 8. The van der Waals surface area contributed by atoms with E-state index in [0.717, 1.165) is 40.9 Å². The van der Waals surface area contributed by atoms with Crippen molar-refractivity contribution >= 4 is 34.5 Å². The molecule has 12 nitrogen and oxygen atoms in total. The van der Waals surface area contributed by atoms with E-state index in [1.54, 1.807) is 7.11 Å². The molecular weight excluding hydrogens is 799 g/mol. The Morgan fingerprint density at radius 1 is 1.00 bits per heavy atom. The lowest BCUT2D eigenvalue weighted by Gasteiger charge is -2.63. The zero-order chi connectivity index (χ0) is 44.3. The molecule has 2 saturated heterocycles. The Kier molecular flexibility index (Phi) is 10.2. The molecule has 2 bridgehead atoms. The van der Waals surface area contributed by atoms with E-state index in [9.17, 15) is 14.7 Å². The molecule has 10 atom stereocenters. The lowest BCUT2D eigenvalue weighted by molar-refractivity contribution is -0.228. The number of anilines is 1. The molecule has 2 N–H and O–H groups in total. The first-order valence-electron chi connectivity index (χ1n) is 22.2. The summed E-state index contributed by atoms with van der Waals surface area (Å²) in [5, 5.41) is 14.3. The first-order valence-corrected chi connectivity index (χ1v) is 22.2. The minimum absolute atomic E-state index is 0.155. The van der Waals surface area contributed by atoms with E-state index in [1.165, 1.54) is 21.1 Å². The molecule has 3 fully saturated rings. The zero-order valence-electron chi connectivity index (χ0n) is 37.1. The number of hydrogen-bond donors (Lipinski definition) is 2. The second-order valence-electron chi connectivity index (χ2n) is 19.0. The number of esters is 3. The molecule has 0 amide bonds. The lowest BCUT2D eigenvalue weighted by atomic mass is 9.47. The van der Waals surface area contributed by atoms with Gasteiger partial charge in [-0.25, -0.2) is 13.6 Å². The molecule has 1 saturated carbocycles. The van der Waals surface area contributed by atoms with Gasteiger partial charge in [-0.05, 0) is 92.8 Å². The maximum atomic E-state index is 15.4. The van der Waals surface area contributed by atoms with Crippen LogP contribution < -0.4 is 9.64 Å². The van der Waals surface area contributed by atoms with Gasteiger partial charge in [0.2, 0.25) is 11.5 Å². The minimum Gasteiger partial charge on any atom is -0.496 e. The summed E-state index contributed by atoms with van der Waals surface area (Å²) < 4.78 is 54.7. The van der Waals surface area contributed by atoms with Crippen molar-refractivity contribution in [2.24, 2.45) is 17.3 Å². The molecule has 3 aromatic rings. The van der Waals surface area contributed by atoms with Gasteiger partial charge >= 0.3 is 17.9 Å². The van der Waals surface area contributed by atoms with Crippen LogP contribution in [0.2, 0.25) is 0 Å². The summed E-state index contributed by atoms with van der Waals surface area (Å²) in [7, 11) is 5.98. The van der Waals surface area contributed by atoms with E-state index in [2.05, 4.69) is 33.8 Å². The summed E-state index contributed by atoms with van der Waals surface area (Å²) >= 11 is 0. The highest BCUT2D eigenvalue weighted by molar-refractivity contribution is 5.95. The van der Waals surface area contributed by atoms with Crippen molar-refractivity contribution in [1.29, 1.82) is 0 Å². The number of aromatic nitrogens is 1. The molecule has 6 heterocycles. The molecule has 62 heavy (non-hydrogen) atoms. The number of aryl methyl sites for hydroxylation is 1. The third-order valence-corrected chi connectivity index (χ3v) is 16.1. The van der Waals surface area contributed by atoms with Crippen molar-refractivity contribution in [1.82, 2.24) is 14.8 Å². The molecule has 334 valence electrons. The summed E-state index contributed by atoms with van der Waals surface area (Å²) in [6, 6.07) is 8.87. The first-order chi connectivity index (χ1) is 29.5. The number of benzene rings is 2. The van der Waals surface area contributed by atoms with Gasteiger partial charge in [0.25, 0.3) is 0 Å². The largest absolute Gasteiger partial charge is 0.496 e. The third kappa shape index (κ3) is 5.66. The number of nitrogens with one attached hydrogen (secondary N) is 1. The van der Waals surface area contributed by atoms with Crippen LogP contribution in [0.25, 0.3) is 10.9 Å². The summed E-state index contributed by atoms with van der Waals surface area (Å²) in [5.74, 6) is -5.90. The molecule has 1 aliphatic carbocycles. The van der Waals surface area contributed by atoms with Crippen molar-refractivity contribution < 1.29 is 47.2 Å². The Labute approximate surface area is 361 Å². The quantitative estimate of drug-likeness (QED) is 0.165. The van der Waals surface area contributed by atoms with Crippen LogP contribution in [-0.4, -0.2) is 129 Å². The van der Waals surface area contributed by atoms with Crippen molar-refractivity contribution in [3.63, 3.8) is 0 Å². The fourth-order valence-corrected chi connectivity index (χ4v) is 13.7. The number of halogens is 2. The third-order valence-electron chi connectivity index (χ3n) is 16.1. The predicted molar refractivity (Wildman–Crippen MR) is 229 cm³/mol. The van der Waals surface area contributed by atoms with Crippen LogP contribution in [0.1, 0.15) is 81.3 Å². The summed E-state index contributed by atoms with van der Waals surface area (Å²) in [5.41, 5.74) is -0.347. The highest BCUT2D eigenvalue weighted by Crippen LogP contribution is 2.68. The predicted octanol–water partition coefficient (Wildman–Crippen LogP) is 5.68. The average Bonchev–Trinajstić information content (AvgIpc) is 3.91. The Hall–Kier alpha value is -4.53. The van der Waals surface area contributed by atoms with E-state index in [1.807, 2.05) is 49.2 Å². The number of carbonyl (C=O) groups is 3. The number of hydrogen-bond acceptors (Lipinski definition) is 11. The monoisotopic (exact) mass is 858 g/mol. The van der Waals surface area contributed by atoms with Crippen LogP contribution in [0.3, 0.4) is 0 Å². The summed E-state index contributed by atoms with van der Waals surface area (Å²) in [4.78, 5) is 53.0. The van der Waals surface area contributed by atoms with E-state index in [4.69, 9.17) is 18.9 Å². The first kappa shape index (κ1) is 42.8. The van der Waals surface area contributed by atoms with Gasteiger partial charge in [0.15, 0.2) is 6.10 Å². The number of alkyl halides is 2. The van der Waals surface area contributed by atoms with Crippen LogP contribution in [0.4, 0.5) is 14.5 Å². The van der Waals surface area contributed by atoms with Gasteiger partial charge in [-0.2, -0.15) is 0 Å². The van der Waals surface area contributed by atoms with Crippen molar-refractivity contribution in [2.75, 3.05) is 66.0 Å². The summed E-state index contributed by atoms with van der Waals surface area (Å²) in [6.45, 7) is 8.91. The fraction of sp³-hybridized carbons (Fsp3) is 0.604. The van der Waals surface area contributed by atoms with E-state index >= 15 is 13.6 Å². The maximum absolute atomic E-state index is 15.4. The number of likely N-dealkylation sites (N-methyl/N-ethyl adjacent to an activating group) is 1. The van der Waals surface area contributed by atoms with Crippen LogP contribution in [-0.2, 0) is 52.3 Å². The van der Waals surface area contributed by atoms with Gasteiger partial charge in [-0.15, -0.1) is 0 Å². The van der Waals surface area contributed by atoms with Crippen LogP contribution in [0.15, 0.2) is 42.5 Å². The van der Waals surface area contributed by atoms with Gasteiger partial charge < -0.3 is 38.8 Å². The smallest absolute Gasteiger partial charge is 0.344 e. The molecule has 9 rings (SSSR count). The molecule has 14 heteroatoms. The average molecular weight is 859 g/mol. The maximum Gasteiger partial charge on any atom is 0.344 e. The standard InChI is InChI=1S/C48H60F2N4O8/c1-9-28-12-13-35-32(21-28)31-14-18-53-25-29(20-30(26-53)44(4,49)50)24-47(38(31)51-35,42(56)60-7)34-22-33-36(23-37(34)59-6)52(5)40-46(33)16-19-54-17-11-15-45(10-2,39(46)54)41(62-27(3)55)48(40,58)43(57)61-8/h11-13,15,21-23,29-30,39-41,51,58H,9-10,14,16-20,24-26H2,1-8H3/t29?,30?,39?,40?,41-,45-,46?,47-,48+/m0/s1. The number of ether oxygens (including phenoxy) is 4. The number of aromatic amines is 1. The van der Waals surface area contributed by atoms with Crippen LogP contribution in [0, 0.1) is 17.3 Å². The second-order valence-corrected chi connectivity index (χ2v) is 19.0. The van der Waals surface area contributed by atoms with E-state index in [-0.39, 0.29) is 31.3 Å². The van der Waals surface area contributed by atoms with Crippen molar-refractivity contribution in [2.45, 2.75) is 107 Å². The number of piperidine rings is 1. The van der Waals surface area contributed by atoms with E-state index < -0.39 is 63.7 Å². The number of fused-ring (bicyclic) bond motifs is 6. The number of H-pyrrole nitrogens is 1. The molecule has 6 unspecified atom stereocenters. The number of carbonyl (C=O) groups excluding carboxylic acids is 3. The van der Waals surface area contributed by atoms with Crippen molar-refractivity contribution in [3.8, 4) is 5.75 Å². The molecule has 1 aromatic heterocycles.